The summed E-state index contributed by atoms with van der Waals surface area (Å²) in [5, 5.41) is 1.89. The number of ether oxygens (including phenoxy) is 1. The van der Waals surface area contributed by atoms with Crippen LogP contribution < -0.4 is 0 Å². The van der Waals surface area contributed by atoms with Crippen LogP contribution in [0.15, 0.2) is 24.3 Å². The number of alkyl halides is 2. The molecule has 1 rings (SSSR count). The molecule has 0 saturated carbocycles. The SMILES string of the molecule is Cc1ccc(C(CBr)(CBr)CCOCCC(C)C)cc1. The lowest BCUT2D eigenvalue weighted by molar-refractivity contribution is 0.110. The molecule has 0 aliphatic heterocycles. The van der Waals surface area contributed by atoms with Crippen molar-refractivity contribution in [1.82, 2.24) is 0 Å². The molecule has 0 N–H and O–H groups in total. The van der Waals surface area contributed by atoms with E-state index in [1.165, 1.54) is 11.1 Å². The molecule has 0 aliphatic rings. The van der Waals surface area contributed by atoms with E-state index in [0.29, 0.717) is 5.92 Å². The van der Waals surface area contributed by atoms with Gasteiger partial charge < -0.3 is 4.74 Å². The quantitative estimate of drug-likeness (QED) is 0.390. The Morgan fingerprint density at radius 2 is 1.65 bits per heavy atom. The summed E-state index contributed by atoms with van der Waals surface area (Å²) in [5.41, 5.74) is 2.80. The van der Waals surface area contributed by atoms with Crippen molar-refractivity contribution in [1.29, 1.82) is 0 Å². The van der Waals surface area contributed by atoms with Gasteiger partial charge in [0, 0.05) is 29.3 Å². The Kier molecular flexibility index (Phi) is 8.38. The first-order valence-electron chi connectivity index (χ1n) is 7.31. The monoisotopic (exact) mass is 404 g/mol. The van der Waals surface area contributed by atoms with Gasteiger partial charge in [-0.25, -0.2) is 0 Å². The smallest absolute Gasteiger partial charge is 0.0475 e. The highest BCUT2D eigenvalue weighted by molar-refractivity contribution is 9.09. The van der Waals surface area contributed by atoms with Gasteiger partial charge in [-0.3, -0.25) is 0 Å². The first-order chi connectivity index (χ1) is 9.54. The molecule has 1 aromatic carbocycles. The fourth-order valence-corrected chi connectivity index (χ4v) is 4.20. The van der Waals surface area contributed by atoms with Gasteiger partial charge in [-0.2, -0.15) is 0 Å². The van der Waals surface area contributed by atoms with Crippen molar-refractivity contribution in [2.75, 3.05) is 23.9 Å². The minimum Gasteiger partial charge on any atom is -0.381 e. The molecule has 0 heterocycles. The van der Waals surface area contributed by atoms with Gasteiger partial charge in [0.2, 0.25) is 0 Å². The van der Waals surface area contributed by atoms with E-state index in [4.69, 9.17) is 4.74 Å². The third-order valence-electron chi connectivity index (χ3n) is 3.74. The highest BCUT2D eigenvalue weighted by atomic mass is 79.9. The van der Waals surface area contributed by atoms with E-state index in [9.17, 15) is 0 Å². The number of benzene rings is 1. The van der Waals surface area contributed by atoms with Crippen molar-refractivity contribution >= 4 is 31.9 Å². The van der Waals surface area contributed by atoms with E-state index >= 15 is 0 Å². The third kappa shape index (κ3) is 5.50. The molecule has 3 heteroatoms. The zero-order chi connectivity index (χ0) is 15.0. The van der Waals surface area contributed by atoms with Crippen molar-refractivity contribution in [3.63, 3.8) is 0 Å². The molecule has 0 atom stereocenters. The van der Waals surface area contributed by atoms with Crippen molar-refractivity contribution < 1.29 is 4.74 Å². The van der Waals surface area contributed by atoms with Gasteiger partial charge in [0.25, 0.3) is 0 Å². The maximum atomic E-state index is 5.81. The number of halogens is 2. The molecule has 0 radical (unpaired) electrons. The molecule has 20 heavy (non-hydrogen) atoms. The Morgan fingerprint density at radius 3 is 2.15 bits per heavy atom. The molecule has 1 aromatic rings. The van der Waals surface area contributed by atoms with Gasteiger partial charge in [0.1, 0.15) is 0 Å². The lowest BCUT2D eigenvalue weighted by Crippen LogP contribution is -2.32. The number of hydrogen-bond donors (Lipinski definition) is 0. The summed E-state index contributed by atoms with van der Waals surface area (Å²) in [6.07, 6.45) is 2.17. The largest absolute Gasteiger partial charge is 0.381 e. The van der Waals surface area contributed by atoms with Crippen LogP contribution >= 0.6 is 31.9 Å². The minimum absolute atomic E-state index is 0.117. The predicted molar refractivity (Wildman–Crippen MR) is 95.3 cm³/mol. The van der Waals surface area contributed by atoms with Crippen LogP contribution in [0.2, 0.25) is 0 Å². The average Bonchev–Trinajstić information content (AvgIpc) is 2.44. The molecule has 0 spiro atoms. The second-order valence-electron chi connectivity index (χ2n) is 5.96. The summed E-state index contributed by atoms with van der Waals surface area (Å²) in [6.45, 7) is 8.28. The summed E-state index contributed by atoms with van der Waals surface area (Å²) < 4.78 is 5.81. The Morgan fingerprint density at radius 1 is 1.05 bits per heavy atom. The molecular weight excluding hydrogens is 380 g/mol. The Labute approximate surface area is 140 Å². The first kappa shape index (κ1) is 18.2. The molecule has 0 aromatic heterocycles. The van der Waals surface area contributed by atoms with E-state index in [-0.39, 0.29) is 5.41 Å². The molecule has 0 saturated heterocycles. The molecule has 0 bridgehead atoms. The second-order valence-corrected chi connectivity index (χ2v) is 7.08. The maximum absolute atomic E-state index is 5.81. The van der Waals surface area contributed by atoms with Crippen molar-refractivity contribution in [2.45, 2.75) is 39.0 Å². The molecule has 114 valence electrons. The molecule has 0 aliphatic carbocycles. The van der Waals surface area contributed by atoms with Crippen LogP contribution in [0.1, 0.15) is 37.8 Å². The maximum Gasteiger partial charge on any atom is 0.0475 e. The summed E-state index contributed by atoms with van der Waals surface area (Å²) in [6, 6.07) is 8.86. The fourth-order valence-electron chi connectivity index (χ4n) is 2.06. The third-order valence-corrected chi connectivity index (χ3v) is 5.89. The Hall–Kier alpha value is 0.140. The standard InChI is InChI=1S/C17H26Br2O/c1-14(2)8-10-20-11-9-17(12-18,13-19)16-6-4-15(3)5-7-16/h4-7,14H,8-13H2,1-3H3. The summed E-state index contributed by atoms with van der Waals surface area (Å²) >= 11 is 7.39. The van der Waals surface area contributed by atoms with Crippen molar-refractivity contribution in [3.05, 3.63) is 35.4 Å². The fraction of sp³-hybridized carbons (Fsp3) is 0.647. The van der Waals surface area contributed by atoms with E-state index in [1.54, 1.807) is 0 Å². The van der Waals surface area contributed by atoms with Crippen LogP contribution in [0.4, 0.5) is 0 Å². The van der Waals surface area contributed by atoms with E-state index < -0.39 is 0 Å². The highest BCUT2D eigenvalue weighted by Gasteiger charge is 2.29. The minimum atomic E-state index is 0.117. The lowest BCUT2D eigenvalue weighted by Gasteiger charge is -2.31. The molecule has 0 amide bonds. The molecule has 0 fully saturated rings. The lowest BCUT2D eigenvalue weighted by atomic mass is 9.81. The van der Waals surface area contributed by atoms with Gasteiger partial charge in [-0.1, -0.05) is 75.5 Å². The zero-order valence-corrected chi connectivity index (χ0v) is 16.0. The van der Waals surface area contributed by atoms with Gasteiger partial charge in [-0.05, 0) is 31.2 Å². The molecule has 0 unspecified atom stereocenters. The van der Waals surface area contributed by atoms with Gasteiger partial charge in [0.15, 0.2) is 0 Å². The average molecular weight is 406 g/mol. The Bertz CT molecular complexity index is 369. The number of aryl methyl sites for hydroxylation is 1. The van der Waals surface area contributed by atoms with Crippen LogP contribution in [-0.4, -0.2) is 23.9 Å². The van der Waals surface area contributed by atoms with E-state index in [0.717, 1.165) is 36.7 Å². The van der Waals surface area contributed by atoms with Gasteiger partial charge in [0.05, 0.1) is 0 Å². The number of rotatable bonds is 9. The zero-order valence-electron chi connectivity index (χ0n) is 12.8. The highest BCUT2D eigenvalue weighted by Crippen LogP contribution is 2.32. The number of hydrogen-bond acceptors (Lipinski definition) is 1. The van der Waals surface area contributed by atoms with Crippen LogP contribution in [-0.2, 0) is 10.2 Å². The van der Waals surface area contributed by atoms with Crippen LogP contribution in [0, 0.1) is 12.8 Å². The first-order valence-corrected chi connectivity index (χ1v) is 9.55. The van der Waals surface area contributed by atoms with Crippen LogP contribution in [0.5, 0.6) is 0 Å². The summed E-state index contributed by atoms with van der Waals surface area (Å²) in [4.78, 5) is 0. The van der Waals surface area contributed by atoms with E-state index in [1.807, 2.05) is 0 Å². The summed E-state index contributed by atoms with van der Waals surface area (Å²) in [5.74, 6) is 0.712. The van der Waals surface area contributed by atoms with E-state index in [2.05, 4.69) is 76.9 Å². The van der Waals surface area contributed by atoms with Crippen LogP contribution in [0.25, 0.3) is 0 Å². The van der Waals surface area contributed by atoms with Gasteiger partial charge >= 0.3 is 0 Å². The molecular formula is C17H26Br2O. The Balaban J connectivity index is 2.60. The second kappa shape index (κ2) is 9.22. The predicted octanol–water partition coefficient (Wildman–Crippen LogP) is 5.48. The van der Waals surface area contributed by atoms with Gasteiger partial charge in [-0.15, -0.1) is 0 Å². The normalized spacial score (nSPS) is 12.1. The van der Waals surface area contributed by atoms with Crippen molar-refractivity contribution in [3.8, 4) is 0 Å². The van der Waals surface area contributed by atoms with Crippen LogP contribution in [0.3, 0.4) is 0 Å². The summed E-state index contributed by atoms with van der Waals surface area (Å²) in [7, 11) is 0. The topological polar surface area (TPSA) is 9.23 Å². The molecule has 1 nitrogen and oxygen atoms in total. The van der Waals surface area contributed by atoms with Crippen molar-refractivity contribution in [2.24, 2.45) is 5.92 Å².